The summed E-state index contributed by atoms with van der Waals surface area (Å²) >= 11 is 0. The summed E-state index contributed by atoms with van der Waals surface area (Å²) in [7, 11) is -5.57. The molecule has 0 amide bonds. The van der Waals surface area contributed by atoms with Crippen LogP contribution in [-0.4, -0.2) is 30.8 Å². The SMILES string of the molecule is O=C(OCC(F)(F)S(=O)(=O)O)C12CC3(C4CC4)CC4CC1(C2)C43. The number of carbonyl (C=O) groups is 1. The second-order valence-corrected chi connectivity index (χ2v) is 9.98. The summed E-state index contributed by atoms with van der Waals surface area (Å²) in [5.74, 6) is 1.23. The summed E-state index contributed by atoms with van der Waals surface area (Å²) in [6.07, 6.45) is 5.96. The van der Waals surface area contributed by atoms with Crippen LogP contribution in [0.3, 0.4) is 0 Å². The van der Waals surface area contributed by atoms with Crippen LogP contribution in [0.5, 0.6) is 0 Å². The molecule has 0 aromatic rings. The molecule has 5 nitrogen and oxygen atoms in total. The van der Waals surface area contributed by atoms with Gasteiger partial charge in [-0.05, 0) is 67.1 Å². The molecule has 128 valence electrons. The van der Waals surface area contributed by atoms with Gasteiger partial charge in [0.25, 0.3) is 0 Å². The van der Waals surface area contributed by atoms with E-state index in [1.54, 1.807) is 0 Å². The first-order valence-electron chi connectivity index (χ1n) is 8.10. The summed E-state index contributed by atoms with van der Waals surface area (Å²) in [5.41, 5.74) is -0.489. The fourth-order valence-corrected chi connectivity index (χ4v) is 6.96. The van der Waals surface area contributed by atoms with E-state index >= 15 is 0 Å². The molecule has 5 aliphatic rings. The molecule has 5 saturated carbocycles. The van der Waals surface area contributed by atoms with Crippen molar-refractivity contribution >= 4 is 16.1 Å². The minimum Gasteiger partial charge on any atom is -0.457 e. The highest BCUT2D eigenvalue weighted by Gasteiger charge is 2.93. The molecule has 0 saturated heterocycles. The summed E-state index contributed by atoms with van der Waals surface area (Å²) in [6.45, 7) is -1.60. The van der Waals surface area contributed by atoms with Gasteiger partial charge in [0.15, 0.2) is 6.61 Å². The maximum Gasteiger partial charge on any atom is 0.402 e. The number of hydrogen-bond acceptors (Lipinski definition) is 4. The quantitative estimate of drug-likeness (QED) is 0.609. The molecular formula is C15H18F2O5S. The second-order valence-electron chi connectivity index (χ2n) is 8.43. The van der Waals surface area contributed by atoms with Crippen molar-refractivity contribution in [3.63, 3.8) is 0 Å². The monoisotopic (exact) mass is 348 g/mol. The molecule has 5 fully saturated rings. The largest absolute Gasteiger partial charge is 0.457 e. The first-order chi connectivity index (χ1) is 10.6. The van der Waals surface area contributed by atoms with E-state index in [2.05, 4.69) is 0 Å². The van der Waals surface area contributed by atoms with Gasteiger partial charge in [-0.2, -0.15) is 17.2 Å². The molecule has 5 aliphatic carbocycles. The molecule has 1 spiro atoms. The molecule has 1 N–H and O–H groups in total. The summed E-state index contributed by atoms with van der Waals surface area (Å²) in [4.78, 5) is 12.5. The van der Waals surface area contributed by atoms with Crippen LogP contribution >= 0.6 is 0 Å². The van der Waals surface area contributed by atoms with E-state index in [-0.39, 0.29) is 10.8 Å². The first-order valence-corrected chi connectivity index (χ1v) is 9.54. The van der Waals surface area contributed by atoms with Crippen LogP contribution in [0.4, 0.5) is 8.78 Å². The highest BCUT2D eigenvalue weighted by molar-refractivity contribution is 7.86. The Balaban J connectivity index is 1.35. The summed E-state index contributed by atoms with van der Waals surface area (Å²) in [6, 6.07) is 0. The molecule has 0 aromatic carbocycles. The summed E-state index contributed by atoms with van der Waals surface area (Å²) < 4.78 is 61.0. The zero-order chi connectivity index (χ0) is 16.5. The lowest BCUT2D eigenvalue weighted by Crippen LogP contribution is -2.58. The van der Waals surface area contributed by atoms with Crippen molar-refractivity contribution in [1.29, 1.82) is 0 Å². The number of rotatable bonds is 5. The number of ether oxygens (including phenoxy) is 1. The van der Waals surface area contributed by atoms with Crippen molar-refractivity contribution in [3.05, 3.63) is 0 Å². The van der Waals surface area contributed by atoms with E-state index in [4.69, 9.17) is 9.29 Å². The lowest BCUT2D eigenvalue weighted by Gasteiger charge is -2.64. The molecule has 8 heteroatoms. The van der Waals surface area contributed by atoms with Gasteiger partial charge in [-0.15, -0.1) is 0 Å². The minimum absolute atomic E-state index is 0.0526. The van der Waals surface area contributed by atoms with E-state index in [1.165, 1.54) is 12.8 Å². The third kappa shape index (κ3) is 1.43. The van der Waals surface area contributed by atoms with Crippen molar-refractivity contribution in [3.8, 4) is 0 Å². The molecule has 0 heterocycles. The lowest BCUT2D eigenvalue weighted by atomic mass is 9.40. The molecule has 0 aromatic heterocycles. The van der Waals surface area contributed by atoms with Crippen LogP contribution in [0.2, 0.25) is 0 Å². The zero-order valence-corrected chi connectivity index (χ0v) is 13.2. The molecule has 5 rings (SSSR count). The van der Waals surface area contributed by atoms with E-state index in [0.29, 0.717) is 24.2 Å². The molecule has 0 aliphatic heterocycles. The molecule has 0 radical (unpaired) electrons. The van der Waals surface area contributed by atoms with Crippen LogP contribution in [0.1, 0.15) is 38.5 Å². The molecular weight excluding hydrogens is 330 g/mol. The van der Waals surface area contributed by atoms with Gasteiger partial charge in [0.05, 0.1) is 5.41 Å². The number of alkyl halides is 2. The normalized spacial score (nSPS) is 49.5. The molecule has 23 heavy (non-hydrogen) atoms. The maximum atomic E-state index is 13.3. The fourth-order valence-electron chi connectivity index (χ4n) is 6.75. The average molecular weight is 348 g/mol. The van der Waals surface area contributed by atoms with Crippen molar-refractivity contribution in [2.75, 3.05) is 6.61 Å². The van der Waals surface area contributed by atoms with Crippen LogP contribution in [0.25, 0.3) is 0 Å². The van der Waals surface area contributed by atoms with Crippen LogP contribution in [-0.2, 0) is 19.6 Å². The Morgan fingerprint density at radius 3 is 2.52 bits per heavy atom. The lowest BCUT2D eigenvalue weighted by molar-refractivity contribution is -0.165. The van der Waals surface area contributed by atoms with Gasteiger partial charge >= 0.3 is 21.3 Å². The Morgan fingerprint density at radius 1 is 1.26 bits per heavy atom. The van der Waals surface area contributed by atoms with Crippen LogP contribution < -0.4 is 0 Å². The van der Waals surface area contributed by atoms with Crippen LogP contribution in [0, 0.1) is 34.0 Å². The molecule has 5 unspecified atom stereocenters. The Bertz CT molecular complexity index is 732. The average Bonchev–Trinajstić information content (AvgIpc) is 3.24. The van der Waals surface area contributed by atoms with Gasteiger partial charge < -0.3 is 4.74 Å². The second kappa shape index (κ2) is 3.59. The Morgan fingerprint density at radius 2 is 1.96 bits per heavy atom. The summed E-state index contributed by atoms with van der Waals surface area (Å²) in [5, 5.41) is -4.45. The fraction of sp³-hybridized carbons (Fsp3) is 0.933. The third-order valence-corrected chi connectivity index (χ3v) is 8.43. The number of halogens is 2. The van der Waals surface area contributed by atoms with E-state index in [0.717, 1.165) is 19.3 Å². The van der Waals surface area contributed by atoms with Gasteiger partial charge in [0.2, 0.25) is 0 Å². The maximum absolute atomic E-state index is 13.3. The van der Waals surface area contributed by atoms with E-state index in [1.807, 2.05) is 0 Å². The predicted octanol–water partition coefficient (Wildman–Crippen LogP) is 2.23. The standard InChI is InChI=1S/C15H18F2O5S/c16-15(17,23(19,20)21)7-22-11(18)14-5-12(9-1-2-9)3-8-4-13(14,6-14)10(8)12/h8-10H,1-7H2,(H,19,20,21). The molecule has 0 bridgehead atoms. The topological polar surface area (TPSA) is 80.7 Å². The predicted molar refractivity (Wildman–Crippen MR) is 72.9 cm³/mol. The van der Waals surface area contributed by atoms with Crippen LogP contribution in [0.15, 0.2) is 0 Å². The molecule has 5 atom stereocenters. The zero-order valence-electron chi connectivity index (χ0n) is 12.4. The van der Waals surface area contributed by atoms with Crippen molar-refractivity contribution in [1.82, 2.24) is 0 Å². The van der Waals surface area contributed by atoms with E-state index < -0.39 is 33.4 Å². The number of esters is 1. The first kappa shape index (κ1) is 14.6. The number of carbonyl (C=O) groups excluding carboxylic acids is 1. The Kier molecular flexibility index (Phi) is 2.27. The van der Waals surface area contributed by atoms with Crippen molar-refractivity contribution in [2.24, 2.45) is 34.0 Å². The van der Waals surface area contributed by atoms with Gasteiger partial charge in [0, 0.05) is 0 Å². The van der Waals surface area contributed by atoms with Crippen molar-refractivity contribution in [2.45, 2.75) is 43.8 Å². The van der Waals surface area contributed by atoms with Gasteiger partial charge in [-0.1, -0.05) is 0 Å². The third-order valence-electron chi connectivity index (χ3n) is 7.56. The number of hydrogen-bond donors (Lipinski definition) is 1. The van der Waals surface area contributed by atoms with Gasteiger partial charge in [0.1, 0.15) is 0 Å². The minimum atomic E-state index is -5.57. The highest BCUT2D eigenvalue weighted by Crippen LogP contribution is 2.97. The smallest absolute Gasteiger partial charge is 0.402 e. The Hall–Kier alpha value is -0.760. The van der Waals surface area contributed by atoms with E-state index in [9.17, 15) is 22.0 Å². The Labute approximate surface area is 132 Å². The van der Waals surface area contributed by atoms with Crippen molar-refractivity contribution < 1.29 is 31.3 Å². The van der Waals surface area contributed by atoms with Gasteiger partial charge in [-0.25, -0.2) is 0 Å². The van der Waals surface area contributed by atoms with Gasteiger partial charge in [-0.3, -0.25) is 9.35 Å². The highest BCUT2D eigenvalue weighted by atomic mass is 32.2.